The first-order valence-corrected chi connectivity index (χ1v) is 8.02. The number of aryl methyl sites for hydroxylation is 1. The summed E-state index contributed by atoms with van der Waals surface area (Å²) in [5, 5.41) is 3.07. The van der Waals surface area contributed by atoms with E-state index in [1.165, 1.54) is 11.8 Å². The van der Waals surface area contributed by atoms with E-state index in [1.54, 1.807) is 6.20 Å². The first-order valence-electron chi connectivity index (χ1n) is 8.02. The Morgan fingerprint density at radius 3 is 2.74 bits per heavy atom. The molecule has 2 heterocycles. The molecule has 1 aromatic heterocycles. The Morgan fingerprint density at radius 2 is 2.04 bits per heavy atom. The van der Waals surface area contributed by atoms with Gasteiger partial charge >= 0.3 is 0 Å². The number of amides is 1. The number of likely N-dealkylation sites (tertiary alicyclic amines) is 1. The van der Waals surface area contributed by atoms with Crippen molar-refractivity contribution < 1.29 is 4.79 Å². The van der Waals surface area contributed by atoms with E-state index < -0.39 is 0 Å². The van der Waals surface area contributed by atoms with Gasteiger partial charge in [-0.3, -0.25) is 14.7 Å². The molecule has 120 valence electrons. The molecule has 0 bridgehead atoms. The molecule has 1 fully saturated rings. The van der Waals surface area contributed by atoms with E-state index in [9.17, 15) is 4.79 Å². The van der Waals surface area contributed by atoms with Gasteiger partial charge in [-0.15, -0.1) is 0 Å². The zero-order valence-electron chi connectivity index (χ0n) is 13.6. The van der Waals surface area contributed by atoms with Gasteiger partial charge < -0.3 is 5.32 Å². The third-order valence-electron chi connectivity index (χ3n) is 4.40. The number of rotatable bonds is 4. The zero-order chi connectivity index (χ0) is 16.2. The molecule has 1 amide bonds. The van der Waals surface area contributed by atoms with E-state index in [-0.39, 0.29) is 11.9 Å². The maximum absolute atomic E-state index is 12.2. The molecule has 1 aromatic carbocycles. The van der Waals surface area contributed by atoms with Crippen molar-refractivity contribution in [2.75, 3.05) is 13.1 Å². The van der Waals surface area contributed by atoms with Gasteiger partial charge in [0.25, 0.3) is 5.91 Å². The van der Waals surface area contributed by atoms with Crippen LogP contribution in [0, 0.1) is 6.92 Å². The van der Waals surface area contributed by atoms with Crippen LogP contribution < -0.4 is 5.32 Å². The summed E-state index contributed by atoms with van der Waals surface area (Å²) in [7, 11) is 0. The molecule has 0 radical (unpaired) electrons. The van der Waals surface area contributed by atoms with Crippen LogP contribution in [0.2, 0.25) is 0 Å². The van der Waals surface area contributed by atoms with Gasteiger partial charge in [0.05, 0.1) is 11.9 Å². The number of hydrogen-bond donors (Lipinski definition) is 1. The number of nitrogens with one attached hydrogen (secondary N) is 1. The van der Waals surface area contributed by atoms with Crippen LogP contribution >= 0.6 is 0 Å². The Morgan fingerprint density at radius 1 is 1.26 bits per heavy atom. The van der Waals surface area contributed by atoms with Crippen LogP contribution in [0.15, 0.2) is 42.7 Å². The number of aromatic nitrogens is 2. The molecule has 0 aliphatic carbocycles. The van der Waals surface area contributed by atoms with Gasteiger partial charge in [0.15, 0.2) is 0 Å². The Labute approximate surface area is 136 Å². The molecule has 2 atom stereocenters. The fourth-order valence-corrected chi connectivity index (χ4v) is 2.97. The highest BCUT2D eigenvalue weighted by molar-refractivity contribution is 5.92. The minimum atomic E-state index is -0.142. The number of carbonyl (C=O) groups excluding carboxylic acids is 1. The monoisotopic (exact) mass is 310 g/mol. The van der Waals surface area contributed by atoms with Crippen LogP contribution in [-0.4, -0.2) is 39.9 Å². The first kappa shape index (κ1) is 15.6. The van der Waals surface area contributed by atoms with Crippen molar-refractivity contribution in [3.63, 3.8) is 0 Å². The SMILES string of the molecule is Cc1cnc(C(=O)N[C@H]2CCN([C@H](C)c3ccccc3)C2)cn1. The van der Waals surface area contributed by atoms with Crippen molar-refractivity contribution in [2.24, 2.45) is 0 Å². The molecule has 23 heavy (non-hydrogen) atoms. The van der Waals surface area contributed by atoms with E-state index in [0.717, 1.165) is 25.2 Å². The van der Waals surface area contributed by atoms with Crippen molar-refractivity contribution in [1.82, 2.24) is 20.2 Å². The van der Waals surface area contributed by atoms with E-state index in [0.29, 0.717) is 11.7 Å². The average Bonchev–Trinajstić information content (AvgIpc) is 3.04. The Kier molecular flexibility index (Phi) is 4.67. The predicted molar refractivity (Wildman–Crippen MR) is 89.1 cm³/mol. The zero-order valence-corrected chi connectivity index (χ0v) is 13.6. The van der Waals surface area contributed by atoms with Crippen LogP contribution in [0.5, 0.6) is 0 Å². The second-order valence-corrected chi connectivity index (χ2v) is 6.08. The Bertz CT molecular complexity index is 656. The van der Waals surface area contributed by atoms with Gasteiger partial charge in [-0.25, -0.2) is 4.98 Å². The predicted octanol–water partition coefficient (Wildman–Crippen LogP) is 2.35. The first-order chi connectivity index (χ1) is 11.1. The molecule has 5 heteroatoms. The van der Waals surface area contributed by atoms with Crippen LogP contribution in [-0.2, 0) is 0 Å². The van der Waals surface area contributed by atoms with E-state index in [4.69, 9.17) is 0 Å². The van der Waals surface area contributed by atoms with Crippen molar-refractivity contribution in [3.05, 3.63) is 59.7 Å². The van der Waals surface area contributed by atoms with Crippen LogP contribution in [0.4, 0.5) is 0 Å². The van der Waals surface area contributed by atoms with Gasteiger partial charge in [-0.2, -0.15) is 0 Å². The molecule has 0 spiro atoms. The molecule has 1 aliphatic rings. The number of carbonyl (C=O) groups is 1. The summed E-state index contributed by atoms with van der Waals surface area (Å²) in [5.41, 5.74) is 2.50. The van der Waals surface area contributed by atoms with Gasteiger partial charge in [0, 0.05) is 31.4 Å². The number of benzene rings is 1. The Hall–Kier alpha value is -2.27. The highest BCUT2D eigenvalue weighted by Gasteiger charge is 2.28. The summed E-state index contributed by atoms with van der Waals surface area (Å²) in [6, 6.07) is 11.0. The second-order valence-electron chi connectivity index (χ2n) is 6.08. The fourth-order valence-electron chi connectivity index (χ4n) is 2.97. The molecule has 2 aromatic rings. The minimum absolute atomic E-state index is 0.142. The molecule has 0 unspecified atom stereocenters. The van der Waals surface area contributed by atoms with Crippen molar-refractivity contribution in [1.29, 1.82) is 0 Å². The summed E-state index contributed by atoms with van der Waals surface area (Å²) in [5.74, 6) is -0.142. The lowest BCUT2D eigenvalue weighted by Crippen LogP contribution is -2.38. The van der Waals surface area contributed by atoms with Gasteiger partial charge in [-0.1, -0.05) is 30.3 Å². The second kappa shape index (κ2) is 6.87. The normalized spacial score (nSPS) is 19.5. The van der Waals surface area contributed by atoms with E-state index in [1.807, 2.05) is 13.0 Å². The van der Waals surface area contributed by atoms with Crippen molar-refractivity contribution in [3.8, 4) is 0 Å². The fraction of sp³-hybridized carbons (Fsp3) is 0.389. The summed E-state index contributed by atoms with van der Waals surface area (Å²) in [4.78, 5) is 22.9. The van der Waals surface area contributed by atoms with Crippen LogP contribution in [0.25, 0.3) is 0 Å². The van der Waals surface area contributed by atoms with Gasteiger partial charge in [-0.05, 0) is 25.8 Å². The van der Waals surface area contributed by atoms with Gasteiger partial charge in [0.2, 0.25) is 0 Å². The van der Waals surface area contributed by atoms with E-state index in [2.05, 4.69) is 51.4 Å². The minimum Gasteiger partial charge on any atom is -0.347 e. The standard InChI is InChI=1S/C18H22N4O/c1-13-10-20-17(11-19-13)18(23)21-16-8-9-22(12-16)14(2)15-6-4-3-5-7-15/h3-7,10-11,14,16H,8-9,12H2,1-2H3,(H,21,23)/t14-,16+/m1/s1. The maximum Gasteiger partial charge on any atom is 0.271 e. The lowest BCUT2D eigenvalue weighted by molar-refractivity contribution is 0.0931. The molecule has 3 rings (SSSR count). The molecule has 1 aliphatic heterocycles. The van der Waals surface area contributed by atoms with Crippen molar-refractivity contribution in [2.45, 2.75) is 32.4 Å². The van der Waals surface area contributed by atoms with Gasteiger partial charge in [0.1, 0.15) is 5.69 Å². The van der Waals surface area contributed by atoms with E-state index >= 15 is 0 Å². The number of nitrogens with zero attached hydrogens (tertiary/aromatic N) is 3. The molecule has 1 saturated heterocycles. The van der Waals surface area contributed by atoms with Crippen LogP contribution in [0.1, 0.15) is 41.1 Å². The van der Waals surface area contributed by atoms with Crippen LogP contribution in [0.3, 0.4) is 0 Å². The average molecular weight is 310 g/mol. The largest absolute Gasteiger partial charge is 0.347 e. The number of hydrogen-bond acceptors (Lipinski definition) is 4. The Balaban J connectivity index is 1.57. The summed E-state index contributed by atoms with van der Waals surface area (Å²) in [6.07, 6.45) is 4.11. The third kappa shape index (κ3) is 3.74. The summed E-state index contributed by atoms with van der Waals surface area (Å²) >= 11 is 0. The highest BCUT2D eigenvalue weighted by atomic mass is 16.2. The lowest BCUT2D eigenvalue weighted by Gasteiger charge is -2.24. The third-order valence-corrected chi connectivity index (χ3v) is 4.40. The summed E-state index contributed by atoms with van der Waals surface area (Å²) < 4.78 is 0. The van der Waals surface area contributed by atoms with Crippen molar-refractivity contribution >= 4 is 5.91 Å². The molecule has 0 saturated carbocycles. The molecular weight excluding hydrogens is 288 g/mol. The lowest BCUT2D eigenvalue weighted by atomic mass is 10.1. The topological polar surface area (TPSA) is 58.1 Å². The molecular formula is C18H22N4O. The smallest absolute Gasteiger partial charge is 0.271 e. The molecule has 1 N–H and O–H groups in total. The summed E-state index contributed by atoms with van der Waals surface area (Å²) in [6.45, 7) is 5.92. The maximum atomic E-state index is 12.2. The quantitative estimate of drug-likeness (QED) is 0.942. The highest BCUT2D eigenvalue weighted by Crippen LogP contribution is 2.24. The molecule has 5 nitrogen and oxygen atoms in total.